The number of aliphatic hydroxyl groups excluding tert-OH is 1. The van der Waals surface area contributed by atoms with Crippen LogP contribution in [0.25, 0.3) is 0 Å². The summed E-state index contributed by atoms with van der Waals surface area (Å²) >= 11 is 0. The van der Waals surface area contributed by atoms with Gasteiger partial charge < -0.3 is 20.3 Å². The zero-order valence-corrected chi connectivity index (χ0v) is 5.99. The van der Waals surface area contributed by atoms with E-state index in [1.165, 1.54) is 0 Å². The number of carboxylic acid groups (broad SMARTS) is 1. The van der Waals surface area contributed by atoms with Gasteiger partial charge >= 0.3 is 6.09 Å². The fourth-order valence-corrected chi connectivity index (χ4v) is 1.05. The highest BCUT2D eigenvalue weighted by Gasteiger charge is 2.24. The molecule has 1 rings (SSSR count). The first-order valence-electron chi connectivity index (χ1n) is 3.45. The van der Waals surface area contributed by atoms with Gasteiger partial charge in [-0.3, -0.25) is 0 Å². The van der Waals surface area contributed by atoms with Crippen LogP contribution in [0.15, 0.2) is 0 Å². The molecule has 5 nitrogen and oxygen atoms in total. The molecule has 1 heterocycles. The van der Waals surface area contributed by atoms with Crippen molar-refractivity contribution in [2.75, 3.05) is 13.2 Å². The summed E-state index contributed by atoms with van der Waals surface area (Å²) in [5.41, 5.74) is 0. The van der Waals surface area contributed by atoms with Gasteiger partial charge in [0, 0.05) is 6.61 Å². The second-order valence-electron chi connectivity index (χ2n) is 2.49. The molecule has 5 heteroatoms. The van der Waals surface area contributed by atoms with Crippen molar-refractivity contribution in [1.82, 2.24) is 5.32 Å². The third kappa shape index (κ3) is 2.36. The van der Waals surface area contributed by atoms with Gasteiger partial charge in [-0.25, -0.2) is 4.79 Å². The van der Waals surface area contributed by atoms with Crippen molar-refractivity contribution < 1.29 is 19.7 Å². The topological polar surface area (TPSA) is 78.8 Å². The number of amides is 1. The van der Waals surface area contributed by atoms with Crippen molar-refractivity contribution in [3.05, 3.63) is 0 Å². The van der Waals surface area contributed by atoms with E-state index in [2.05, 4.69) is 5.32 Å². The molecule has 11 heavy (non-hydrogen) atoms. The van der Waals surface area contributed by atoms with E-state index in [0.29, 0.717) is 13.0 Å². The summed E-state index contributed by atoms with van der Waals surface area (Å²) in [4.78, 5) is 10.2. The Hall–Kier alpha value is -0.810. The first-order chi connectivity index (χ1) is 5.20. The molecule has 3 N–H and O–H groups in total. The van der Waals surface area contributed by atoms with Crippen molar-refractivity contribution in [2.24, 2.45) is 0 Å². The van der Waals surface area contributed by atoms with E-state index in [0.717, 1.165) is 0 Å². The van der Waals surface area contributed by atoms with Crippen LogP contribution in [0.4, 0.5) is 4.79 Å². The lowest BCUT2D eigenvalue weighted by Gasteiger charge is -2.27. The Morgan fingerprint density at radius 2 is 2.36 bits per heavy atom. The molecule has 64 valence electrons. The molecule has 0 aromatic rings. The smallest absolute Gasteiger partial charge is 0.404 e. The molecule has 0 radical (unpaired) electrons. The van der Waals surface area contributed by atoms with Gasteiger partial charge in [0.25, 0.3) is 0 Å². The molecule has 1 fully saturated rings. The zero-order valence-electron chi connectivity index (χ0n) is 5.99. The maximum absolute atomic E-state index is 10.2. The van der Waals surface area contributed by atoms with Gasteiger partial charge in [-0.1, -0.05) is 0 Å². The average molecular weight is 161 g/mol. The first kappa shape index (κ1) is 8.29. The number of aliphatic hydroxyl groups is 1. The molecule has 1 amide bonds. The summed E-state index contributed by atoms with van der Waals surface area (Å²) < 4.78 is 4.91. The van der Waals surface area contributed by atoms with Crippen molar-refractivity contribution in [3.63, 3.8) is 0 Å². The SMILES string of the molecule is O=C(O)N[C@@H]1CCOC[C@H]1O. The van der Waals surface area contributed by atoms with Crippen LogP contribution in [-0.4, -0.2) is 41.7 Å². The van der Waals surface area contributed by atoms with Gasteiger partial charge in [-0.2, -0.15) is 0 Å². The van der Waals surface area contributed by atoms with Gasteiger partial charge in [-0.05, 0) is 6.42 Å². The predicted octanol–water partition coefficient (Wildman–Crippen LogP) is -0.596. The molecule has 0 unspecified atom stereocenters. The molecule has 0 aromatic carbocycles. The van der Waals surface area contributed by atoms with Crippen LogP contribution in [0, 0.1) is 0 Å². The summed E-state index contributed by atoms with van der Waals surface area (Å²) in [5.74, 6) is 0. The largest absolute Gasteiger partial charge is 0.465 e. The molecule has 1 aliphatic rings. The van der Waals surface area contributed by atoms with E-state index >= 15 is 0 Å². The second-order valence-corrected chi connectivity index (χ2v) is 2.49. The Balaban J connectivity index is 2.35. The first-order valence-corrected chi connectivity index (χ1v) is 3.45. The summed E-state index contributed by atoms with van der Waals surface area (Å²) in [7, 11) is 0. The Morgan fingerprint density at radius 3 is 2.91 bits per heavy atom. The highest BCUT2D eigenvalue weighted by atomic mass is 16.5. The van der Waals surface area contributed by atoms with E-state index < -0.39 is 12.2 Å². The number of nitrogens with one attached hydrogen (secondary N) is 1. The van der Waals surface area contributed by atoms with Crippen LogP contribution < -0.4 is 5.32 Å². The number of ether oxygens (including phenoxy) is 1. The Kier molecular flexibility index (Phi) is 2.67. The van der Waals surface area contributed by atoms with Crippen LogP contribution in [-0.2, 0) is 4.74 Å². The Labute approximate surface area is 64.0 Å². The number of carbonyl (C=O) groups is 1. The summed E-state index contributed by atoms with van der Waals surface area (Å²) in [6.07, 6.45) is -1.27. The third-order valence-corrected chi connectivity index (χ3v) is 1.64. The minimum absolute atomic E-state index is 0.213. The van der Waals surface area contributed by atoms with E-state index in [9.17, 15) is 4.79 Å². The minimum Gasteiger partial charge on any atom is -0.465 e. The normalized spacial score (nSPS) is 31.4. The van der Waals surface area contributed by atoms with E-state index in [-0.39, 0.29) is 12.6 Å². The standard InChI is InChI=1S/C6H11NO4/c8-5-3-11-2-1-4(5)7-6(9)10/h4-5,7-8H,1-3H2,(H,9,10)/t4-,5-/m1/s1. The van der Waals surface area contributed by atoms with Crippen molar-refractivity contribution in [2.45, 2.75) is 18.6 Å². The van der Waals surface area contributed by atoms with Crippen molar-refractivity contribution >= 4 is 6.09 Å². The lowest BCUT2D eigenvalue weighted by Crippen LogP contribution is -2.48. The zero-order chi connectivity index (χ0) is 8.27. The third-order valence-electron chi connectivity index (χ3n) is 1.64. The average Bonchev–Trinajstić information content (AvgIpc) is 1.93. The Bertz CT molecular complexity index is 150. The summed E-state index contributed by atoms with van der Waals surface area (Å²) in [6, 6.07) is -0.374. The lowest BCUT2D eigenvalue weighted by molar-refractivity contribution is -0.0262. The molecule has 1 aliphatic heterocycles. The van der Waals surface area contributed by atoms with E-state index in [1.807, 2.05) is 0 Å². The highest BCUT2D eigenvalue weighted by Crippen LogP contribution is 2.06. The fourth-order valence-electron chi connectivity index (χ4n) is 1.05. The van der Waals surface area contributed by atoms with Gasteiger partial charge in [0.2, 0.25) is 0 Å². The van der Waals surface area contributed by atoms with Crippen molar-refractivity contribution in [1.29, 1.82) is 0 Å². The van der Waals surface area contributed by atoms with Crippen LogP contribution in [0.3, 0.4) is 0 Å². The van der Waals surface area contributed by atoms with Gasteiger partial charge in [0.05, 0.1) is 18.8 Å². The Morgan fingerprint density at radius 1 is 1.64 bits per heavy atom. The van der Waals surface area contributed by atoms with Gasteiger partial charge in [0.15, 0.2) is 0 Å². The maximum atomic E-state index is 10.2. The lowest BCUT2D eigenvalue weighted by atomic mass is 10.1. The molecular formula is C6H11NO4. The molecule has 0 saturated carbocycles. The fraction of sp³-hybridized carbons (Fsp3) is 0.833. The minimum atomic E-state index is -1.10. The summed E-state index contributed by atoms with van der Waals surface area (Å²) in [6.45, 7) is 0.715. The molecular weight excluding hydrogens is 150 g/mol. The van der Waals surface area contributed by atoms with Crippen LogP contribution >= 0.6 is 0 Å². The predicted molar refractivity (Wildman–Crippen MR) is 36.4 cm³/mol. The highest BCUT2D eigenvalue weighted by molar-refractivity contribution is 5.64. The molecule has 0 spiro atoms. The molecule has 2 atom stereocenters. The number of hydrogen-bond acceptors (Lipinski definition) is 3. The number of hydrogen-bond donors (Lipinski definition) is 3. The van der Waals surface area contributed by atoms with Gasteiger partial charge in [-0.15, -0.1) is 0 Å². The van der Waals surface area contributed by atoms with Crippen LogP contribution in [0.5, 0.6) is 0 Å². The monoisotopic (exact) mass is 161 g/mol. The van der Waals surface area contributed by atoms with Crippen LogP contribution in [0.1, 0.15) is 6.42 Å². The second kappa shape index (κ2) is 3.54. The van der Waals surface area contributed by atoms with Crippen LogP contribution in [0.2, 0.25) is 0 Å². The number of rotatable bonds is 1. The molecule has 0 aromatic heterocycles. The van der Waals surface area contributed by atoms with E-state index in [1.54, 1.807) is 0 Å². The maximum Gasteiger partial charge on any atom is 0.404 e. The molecule has 0 bridgehead atoms. The van der Waals surface area contributed by atoms with Gasteiger partial charge in [0.1, 0.15) is 0 Å². The molecule has 1 saturated heterocycles. The molecule has 0 aliphatic carbocycles. The summed E-state index contributed by atoms with van der Waals surface area (Å²) in [5, 5.41) is 19.7. The van der Waals surface area contributed by atoms with E-state index in [4.69, 9.17) is 14.9 Å². The quantitative estimate of drug-likeness (QED) is 0.480. The van der Waals surface area contributed by atoms with Crippen molar-refractivity contribution in [3.8, 4) is 0 Å².